The summed E-state index contributed by atoms with van der Waals surface area (Å²) in [6.07, 6.45) is 3.89. The molecule has 0 atom stereocenters. The third-order valence-corrected chi connectivity index (χ3v) is 3.57. The van der Waals surface area contributed by atoms with Gasteiger partial charge in [0.25, 0.3) is 0 Å². The van der Waals surface area contributed by atoms with E-state index in [2.05, 4.69) is 4.90 Å². The highest BCUT2D eigenvalue weighted by molar-refractivity contribution is 6.31. The third-order valence-electron chi connectivity index (χ3n) is 3.22. The topological polar surface area (TPSA) is 23.5 Å². The smallest absolute Gasteiger partial charge is 0.0685 e. The second-order valence-corrected chi connectivity index (χ2v) is 4.78. The molecular weight excluding hydrogens is 222 g/mol. The molecule has 0 saturated carbocycles. The lowest BCUT2D eigenvalue weighted by atomic mass is 10.1. The van der Waals surface area contributed by atoms with Crippen LogP contribution in [0.3, 0.4) is 0 Å². The van der Waals surface area contributed by atoms with Gasteiger partial charge in [-0.1, -0.05) is 30.2 Å². The summed E-state index contributed by atoms with van der Waals surface area (Å²) in [5.74, 6) is 0. The molecule has 16 heavy (non-hydrogen) atoms. The second-order valence-electron chi connectivity index (χ2n) is 4.37. The van der Waals surface area contributed by atoms with Crippen molar-refractivity contribution in [3.05, 3.63) is 34.3 Å². The molecule has 1 aliphatic rings. The van der Waals surface area contributed by atoms with Gasteiger partial charge in [0, 0.05) is 11.6 Å². The molecule has 2 nitrogen and oxygen atoms in total. The van der Waals surface area contributed by atoms with E-state index in [9.17, 15) is 5.11 Å². The van der Waals surface area contributed by atoms with Gasteiger partial charge >= 0.3 is 0 Å². The lowest BCUT2D eigenvalue weighted by Gasteiger charge is -2.27. The number of aliphatic hydroxyl groups excluding tert-OH is 1. The van der Waals surface area contributed by atoms with E-state index in [0.29, 0.717) is 0 Å². The number of halogens is 1. The van der Waals surface area contributed by atoms with Crippen LogP contribution in [0.15, 0.2) is 18.2 Å². The molecule has 0 spiro atoms. The Labute approximate surface area is 102 Å². The highest BCUT2D eigenvalue weighted by Crippen LogP contribution is 2.23. The van der Waals surface area contributed by atoms with Gasteiger partial charge in [-0.3, -0.25) is 4.90 Å². The fraction of sp³-hybridized carbons (Fsp3) is 0.538. The first-order valence-corrected chi connectivity index (χ1v) is 6.28. The summed E-state index contributed by atoms with van der Waals surface area (Å²) in [7, 11) is 0. The Bertz CT molecular complexity index is 348. The summed E-state index contributed by atoms with van der Waals surface area (Å²) in [6.45, 7) is 3.24. The van der Waals surface area contributed by atoms with Gasteiger partial charge in [-0.2, -0.15) is 0 Å². The molecule has 88 valence electrons. The van der Waals surface area contributed by atoms with Crippen molar-refractivity contribution in [2.45, 2.75) is 32.4 Å². The van der Waals surface area contributed by atoms with Gasteiger partial charge in [0.05, 0.1) is 6.61 Å². The Morgan fingerprint density at radius 2 is 1.94 bits per heavy atom. The number of likely N-dealkylation sites (tertiary alicyclic amines) is 1. The molecule has 1 heterocycles. The predicted octanol–water partition coefficient (Wildman–Crippen LogP) is 2.82. The van der Waals surface area contributed by atoms with Crippen LogP contribution in [-0.2, 0) is 13.2 Å². The van der Waals surface area contributed by atoms with Gasteiger partial charge in [0.15, 0.2) is 0 Å². The first-order valence-electron chi connectivity index (χ1n) is 5.91. The highest BCUT2D eigenvalue weighted by atomic mass is 35.5. The molecule has 1 N–H and O–H groups in total. The summed E-state index contributed by atoms with van der Waals surface area (Å²) in [4.78, 5) is 2.42. The Kier molecular flexibility index (Phi) is 4.22. The third kappa shape index (κ3) is 2.76. The number of rotatable bonds is 3. The van der Waals surface area contributed by atoms with Crippen molar-refractivity contribution in [1.82, 2.24) is 4.90 Å². The lowest BCUT2D eigenvalue weighted by molar-refractivity contribution is 0.217. The van der Waals surface area contributed by atoms with Crippen molar-refractivity contribution < 1.29 is 5.11 Å². The number of piperidine rings is 1. The average molecular weight is 240 g/mol. The van der Waals surface area contributed by atoms with Gasteiger partial charge in [-0.25, -0.2) is 0 Å². The van der Waals surface area contributed by atoms with Crippen LogP contribution in [-0.4, -0.2) is 23.1 Å². The van der Waals surface area contributed by atoms with Crippen molar-refractivity contribution in [1.29, 1.82) is 0 Å². The fourth-order valence-corrected chi connectivity index (χ4v) is 2.52. The highest BCUT2D eigenvalue weighted by Gasteiger charge is 2.14. The number of benzene rings is 1. The Balaban J connectivity index is 2.12. The van der Waals surface area contributed by atoms with Gasteiger partial charge in [0.2, 0.25) is 0 Å². The SMILES string of the molecule is OCc1cccc(Cl)c1CN1CCCCC1. The standard InChI is InChI=1S/C13H18ClNO/c14-13-6-4-5-11(10-16)12(13)9-15-7-2-1-3-8-15/h4-6,16H,1-3,7-10H2. The van der Waals surface area contributed by atoms with E-state index in [1.54, 1.807) is 0 Å². The van der Waals surface area contributed by atoms with Gasteiger partial charge in [-0.05, 0) is 43.1 Å². The van der Waals surface area contributed by atoms with E-state index >= 15 is 0 Å². The largest absolute Gasteiger partial charge is 0.392 e. The van der Waals surface area contributed by atoms with Crippen LogP contribution in [0.5, 0.6) is 0 Å². The Morgan fingerprint density at radius 3 is 2.62 bits per heavy atom. The molecule has 1 aliphatic heterocycles. The molecule has 2 rings (SSSR count). The normalized spacial score (nSPS) is 17.6. The number of aliphatic hydroxyl groups is 1. The zero-order valence-corrected chi connectivity index (χ0v) is 10.2. The monoisotopic (exact) mass is 239 g/mol. The summed E-state index contributed by atoms with van der Waals surface area (Å²) in [5, 5.41) is 10.1. The molecule has 0 aliphatic carbocycles. The van der Waals surface area contributed by atoms with Crippen LogP contribution in [0.2, 0.25) is 5.02 Å². The Morgan fingerprint density at radius 1 is 1.19 bits per heavy atom. The molecule has 3 heteroatoms. The molecule has 1 aromatic carbocycles. The summed E-state index contributed by atoms with van der Waals surface area (Å²) in [6, 6.07) is 5.75. The minimum Gasteiger partial charge on any atom is -0.392 e. The minimum atomic E-state index is 0.0731. The maximum Gasteiger partial charge on any atom is 0.0685 e. The molecule has 1 aromatic rings. The van der Waals surface area contributed by atoms with Crippen LogP contribution in [0.1, 0.15) is 30.4 Å². The van der Waals surface area contributed by atoms with E-state index < -0.39 is 0 Å². The van der Waals surface area contributed by atoms with Crippen molar-refractivity contribution in [3.63, 3.8) is 0 Å². The van der Waals surface area contributed by atoms with E-state index in [4.69, 9.17) is 11.6 Å². The first-order chi connectivity index (χ1) is 7.81. The minimum absolute atomic E-state index is 0.0731. The summed E-state index contributed by atoms with van der Waals surface area (Å²) < 4.78 is 0. The quantitative estimate of drug-likeness (QED) is 0.877. The average Bonchev–Trinajstić information content (AvgIpc) is 2.33. The molecule has 0 radical (unpaired) electrons. The number of nitrogens with zero attached hydrogens (tertiary/aromatic N) is 1. The van der Waals surface area contributed by atoms with Crippen molar-refractivity contribution >= 4 is 11.6 Å². The van der Waals surface area contributed by atoms with E-state index in [1.165, 1.54) is 19.3 Å². The van der Waals surface area contributed by atoms with E-state index in [-0.39, 0.29) is 6.61 Å². The van der Waals surface area contributed by atoms with Crippen LogP contribution in [0.4, 0.5) is 0 Å². The van der Waals surface area contributed by atoms with Gasteiger partial charge < -0.3 is 5.11 Å². The molecule has 0 bridgehead atoms. The van der Waals surface area contributed by atoms with Crippen molar-refractivity contribution in [2.24, 2.45) is 0 Å². The molecule has 0 unspecified atom stereocenters. The molecule has 0 aromatic heterocycles. The van der Waals surface area contributed by atoms with E-state index in [1.807, 2.05) is 18.2 Å². The van der Waals surface area contributed by atoms with Gasteiger partial charge in [-0.15, -0.1) is 0 Å². The van der Waals surface area contributed by atoms with E-state index in [0.717, 1.165) is 35.8 Å². The van der Waals surface area contributed by atoms with Gasteiger partial charge in [0.1, 0.15) is 0 Å². The second kappa shape index (κ2) is 5.67. The zero-order chi connectivity index (χ0) is 11.4. The zero-order valence-electron chi connectivity index (χ0n) is 9.45. The molecule has 0 amide bonds. The number of hydrogen-bond acceptors (Lipinski definition) is 2. The number of hydrogen-bond donors (Lipinski definition) is 1. The fourth-order valence-electron chi connectivity index (χ4n) is 2.27. The maximum atomic E-state index is 9.30. The molecule has 1 saturated heterocycles. The van der Waals surface area contributed by atoms with Crippen LogP contribution in [0, 0.1) is 0 Å². The summed E-state index contributed by atoms with van der Waals surface area (Å²) >= 11 is 6.19. The Hall–Kier alpha value is -0.570. The van der Waals surface area contributed by atoms with Crippen LogP contribution >= 0.6 is 11.6 Å². The molecule has 1 fully saturated rings. The molecular formula is C13H18ClNO. The lowest BCUT2D eigenvalue weighted by Crippen LogP contribution is -2.29. The summed E-state index contributed by atoms with van der Waals surface area (Å²) in [5.41, 5.74) is 2.05. The maximum absolute atomic E-state index is 9.30. The van der Waals surface area contributed by atoms with Crippen molar-refractivity contribution in [3.8, 4) is 0 Å². The first kappa shape index (κ1) is 11.9. The van der Waals surface area contributed by atoms with Crippen LogP contribution < -0.4 is 0 Å². The predicted molar refractivity (Wildman–Crippen MR) is 66.5 cm³/mol. The van der Waals surface area contributed by atoms with Crippen LogP contribution in [0.25, 0.3) is 0 Å². The van der Waals surface area contributed by atoms with Crippen molar-refractivity contribution in [2.75, 3.05) is 13.1 Å².